The molecular weight excluding hydrogens is 244 g/mol. The summed E-state index contributed by atoms with van der Waals surface area (Å²) < 4.78 is 0. The van der Waals surface area contributed by atoms with Crippen LogP contribution in [0.1, 0.15) is 42.5 Å². The van der Waals surface area contributed by atoms with Gasteiger partial charge < -0.3 is 15.3 Å². The minimum absolute atomic E-state index is 0.127. The zero-order chi connectivity index (χ0) is 14.1. The zero-order valence-electron chi connectivity index (χ0n) is 11.1. The predicted octanol–water partition coefficient (Wildman–Crippen LogP) is 2.31. The highest BCUT2D eigenvalue weighted by Crippen LogP contribution is 2.34. The lowest BCUT2D eigenvalue weighted by atomic mass is 9.75. The maximum Gasteiger partial charge on any atom is 0.335 e. The Labute approximate surface area is 113 Å². The summed E-state index contributed by atoms with van der Waals surface area (Å²) in [6.07, 6.45) is 5.60. The van der Waals surface area contributed by atoms with Crippen molar-refractivity contribution in [3.8, 4) is 0 Å². The molecule has 0 aliphatic heterocycles. The third-order valence-corrected chi connectivity index (χ3v) is 3.61. The molecule has 0 heterocycles. The van der Waals surface area contributed by atoms with Crippen molar-refractivity contribution in [3.63, 3.8) is 0 Å². The van der Waals surface area contributed by atoms with Gasteiger partial charge in [0.25, 0.3) is 0 Å². The Hall–Kier alpha value is -1.39. The molecule has 0 atom stereocenters. The van der Waals surface area contributed by atoms with E-state index in [9.17, 15) is 4.79 Å². The largest absolute Gasteiger partial charge is 0.478 e. The van der Waals surface area contributed by atoms with Crippen LogP contribution in [0.25, 0.3) is 0 Å². The summed E-state index contributed by atoms with van der Waals surface area (Å²) in [5.41, 5.74) is 0.204. The lowest BCUT2D eigenvalue weighted by Gasteiger charge is -2.33. The van der Waals surface area contributed by atoms with E-state index in [1.54, 1.807) is 30.3 Å². The van der Waals surface area contributed by atoms with Crippen LogP contribution in [0.3, 0.4) is 0 Å². The van der Waals surface area contributed by atoms with E-state index < -0.39 is 5.97 Å². The molecule has 0 aromatic heterocycles. The summed E-state index contributed by atoms with van der Waals surface area (Å²) in [6, 6.07) is 8.30. The first kappa shape index (κ1) is 15.7. The minimum atomic E-state index is -0.879. The van der Waals surface area contributed by atoms with Crippen molar-refractivity contribution in [1.82, 2.24) is 0 Å². The van der Waals surface area contributed by atoms with E-state index in [4.69, 9.17) is 15.3 Å². The second-order valence-corrected chi connectivity index (χ2v) is 5.05. The molecule has 0 radical (unpaired) electrons. The molecule has 0 amide bonds. The molecule has 1 saturated carbocycles. The van der Waals surface area contributed by atoms with Crippen molar-refractivity contribution in [2.24, 2.45) is 5.41 Å². The van der Waals surface area contributed by atoms with Crippen molar-refractivity contribution in [1.29, 1.82) is 0 Å². The molecule has 4 nitrogen and oxygen atoms in total. The first-order chi connectivity index (χ1) is 9.13. The van der Waals surface area contributed by atoms with E-state index in [1.807, 2.05) is 0 Å². The number of aliphatic hydroxyl groups excluding tert-OH is 2. The van der Waals surface area contributed by atoms with Crippen molar-refractivity contribution < 1.29 is 20.1 Å². The number of hydrogen-bond acceptors (Lipinski definition) is 3. The molecule has 19 heavy (non-hydrogen) atoms. The molecule has 3 N–H and O–H groups in total. The topological polar surface area (TPSA) is 77.8 Å². The van der Waals surface area contributed by atoms with Crippen molar-refractivity contribution >= 4 is 5.97 Å². The number of carboxylic acid groups (broad SMARTS) is 1. The lowest BCUT2D eigenvalue weighted by molar-refractivity contribution is 0.0234. The molecule has 0 bridgehead atoms. The second kappa shape index (κ2) is 7.92. The van der Waals surface area contributed by atoms with Gasteiger partial charge in [0.05, 0.1) is 18.8 Å². The fourth-order valence-electron chi connectivity index (χ4n) is 2.25. The molecule has 1 fully saturated rings. The summed E-state index contributed by atoms with van der Waals surface area (Å²) >= 11 is 0. The van der Waals surface area contributed by atoms with Crippen molar-refractivity contribution in [2.75, 3.05) is 13.2 Å². The molecule has 1 aliphatic rings. The van der Waals surface area contributed by atoms with E-state index in [1.165, 1.54) is 19.3 Å². The van der Waals surface area contributed by atoms with Gasteiger partial charge in [-0.2, -0.15) is 0 Å². The molecule has 1 aromatic rings. The fourth-order valence-corrected chi connectivity index (χ4v) is 2.25. The third-order valence-electron chi connectivity index (χ3n) is 3.61. The van der Waals surface area contributed by atoms with Crippen molar-refractivity contribution in [3.05, 3.63) is 35.9 Å². The van der Waals surface area contributed by atoms with Gasteiger partial charge in [0, 0.05) is 5.41 Å². The first-order valence-electron chi connectivity index (χ1n) is 6.64. The number of hydrogen-bond donors (Lipinski definition) is 3. The monoisotopic (exact) mass is 266 g/mol. The Kier molecular flexibility index (Phi) is 6.53. The van der Waals surface area contributed by atoms with Crippen LogP contribution in [0, 0.1) is 5.41 Å². The van der Waals surface area contributed by atoms with E-state index in [2.05, 4.69) is 0 Å². The molecule has 4 heteroatoms. The Balaban J connectivity index is 0.000000191. The number of benzene rings is 1. The van der Waals surface area contributed by atoms with Gasteiger partial charge in [-0.3, -0.25) is 0 Å². The molecule has 1 aromatic carbocycles. The van der Waals surface area contributed by atoms with Crippen LogP contribution in [0.15, 0.2) is 30.3 Å². The Bertz CT molecular complexity index is 363. The van der Waals surface area contributed by atoms with E-state index in [-0.39, 0.29) is 18.6 Å². The molecular formula is C15H22O4. The number of aliphatic hydroxyl groups is 2. The van der Waals surface area contributed by atoms with Gasteiger partial charge >= 0.3 is 5.97 Å². The van der Waals surface area contributed by atoms with Gasteiger partial charge in [0.1, 0.15) is 0 Å². The maximum atomic E-state index is 10.2. The Morgan fingerprint density at radius 3 is 1.84 bits per heavy atom. The molecule has 0 saturated heterocycles. The first-order valence-corrected chi connectivity index (χ1v) is 6.64. The summed E-state index contributed by atoms with van der Waals surface area (Å²) in [6.45, 7) is 0.312. The Morgan fingerprint density at radius 1 is 1.00 bits per heavy atom. The van der Waals surface area contributed by atoms with Crippen molar-refractivity contribution in [2.45, 2.75) is 32.1 Å². The van der Waals surface area contributed by atoms with Crippen LogP contribution in [0.5, 0.6) is 0 Å². The van der Waals surface area contributed by atoms with Gasteiger partial charge in [-0.15, -0.1) is 0 Å². The molecule has 1 aliphatic carbocycles. The minimum Gasteiger partial charge on any atom is -0.478 e. The SMILES string of the molecule is O=C(O)c1ccccc1.OCC1(CO)CCCCC1. The van der Waals surface area contributed by atoms with E-state index in [0.29, 0.717) is 5.56 Å². The van der Waals surface area contributed by atoms with Gasteiger partial charge in [-0.05, 0) is 25.0 Å². The van der Waals surface area contributed by atoms with Crippen LogP contribution in [-0.4, -0.2) is 34.5 Å². The normalized spacial score (nSPS) is 17.2. The van der Waals surface area contributed by atoms with Crippen LogP contribution in [0.4, 0.5) is 0 Å². The average Bonchev–Trinajstić information content (AvgIpc) is 2.49. The van der Waals surface area contributed by atoms with Crippen LogP contribution in [0.2, 0.25) is 0 Å². The molecule has 0 unspecified atom stereocenters. The fraction of sp³-hybridized carbons (Fsp3) is 0.533. The predicted molar refractivity (Wildman–Crippen MR) is 73.1 cm³/mol. The highest BCUT2D eigenvalue weighted by Gasteiger charge is 2.30. The summed E-state index contributed by atoms with van der Waals surface area (Å²) in [7, 11) is 0. The molecule has 2 rings (SSSR count). The second-order valence-electron chi connectivity index (χ2n) is 5.05. The molecule has 0 spiro atoms. The summed E-state index contributed by atoms with van der Waals surface area (Å²) in [4.78, 5) is 10.2. The third kappa shape index (κ3) is 5.01. The number of carbonyl (C=O) groups is 1. The van der Waals surface area contributed by atoms with Gasteiger partial charge in [-0.25, -0.2) is 4.79 Å². The smallest absolute Gasteiger partial charge is 0.335 e. The highest BCUT2D eigenvalue weighted by molar-refractivity contribution is 5.87. The highest BCUT2D eigenvalue weighted by atomic mass is 16.4. The summed E-state index contributed by atoms with van der Waals surface area (Å²) in [5.74, 6) is -0.879. The van der Waals surface area contributed by atoms with Gasteiger partial charge in [-0.1, -0.05) is 37.5 Å². The zero-order valence-corrected chi connectivity index (χ0v) is 11.1. The maximum absolute atomic E-state index is 10.2. The quantitative estimate of drug-likeness (QED) is 0.784. The van der Waals surface area contributed by atoms with Crippen LogP contribution >= 0.6 is 0 Å². The number of aromatic carboxylic acids is 1. The van der Waals surface area contributed by atoms with Gasteiger partial charge in [0.2, 0.25) is 0 Å². The average molecular weight is 266 g/mol. The van der Waals surface area contributed by atoms with E-state index in [0.717, 1.165) is 12.8 Å². The van der Waals surface area contributed by atoms with Crippen LogP contribution < -0.4 is 0 Å². The van der Waals surface area contributed by atoms with Crippen LogP contribution in [-0.2, 0) is 0 Å². The number of carboxylic acids is 1. The Morgan fingerprint density at radius 2 is 1.53 bits per heavy atom. The molecule has 106 valence electrons. The standard InChI is InChI=1S/C8H16O2.C7H6O2/c9-6-8(7-10)4-2-1-3-5-8;8-7(9)6-4-2-1-3-5-6/h9-10H,1-7H2;1-5H,(H,8,9). The summed E-state index contributed by atoms with van der Waals surface area (Å²) in [5, 5.41) is 26.3. The lowest BCUT2D eigenvalue weighted by Crippen LogP contribution is -2.31. The van der Waals surface area contributed by atoms with Gasteiger partial charge in [0.15, 0.2) is 0 Å². The number of rotatable bonds is 3. The van der Waals surface area contributed by atoms with E-state index >= 15 is 0 Å².